The molecule has 0 aromatic rings. The van der Waals surface area contributed by atoms with Crippen LogP contribution in [0.15, 0.2) is 48.6 Å². The fourth-order valence-electron chi connectivity index (χ4n) is 5.95. The molecule has 0 spiro atoms. The molecule has 0 radical (unpaired) electrons. The minimum atomic E-state index is -1.87. The minimum absolute atomic E-state index is 0.115. The minimum Gasteiger partial charge on any atom is -0.479 e. The van der Waals surface area contributed by atoms with E-state index >= 15 is 0 Å². The highest BCUT2D eigenvalue weighted by Gasteiger charge is 2.47. The highest BCUT2D eigenvalue weighted by Crippen LogP contribution is 2.23. The van der Waals surface area contributed by atoms with Gasteiger partial charge in [-0.15, -0.1) is 0 Å². The first kappa shape index (κ1) is 49.2. The third-order valence-corrected chi connectivity index (χ3v) is 9.21. The van der Waals surface area contributed by atoms with E-state index in [1.165, 1.54) is 70.6 Å². The standard InChI is InChI=1S/C43H72O11/c1-3-5-7-9-11-13-15-17-18-20-22-24-26-28-30-32-37(45)53-35(34-52-43-40(48)38(46)39(47)41(54-43)42(49)50)33-51-36(44)31-29-27-25-23-21-19-16-14-12-10-8-6-4-2/h6,8,12,14,19,21,25,27,35,38-41,43,46-48H,3-5,7,9-11,13,15-18,20,22-24,26,28-34H2,1-2H3,(H,49,50)/b8-6-,14-12-,21-19-,27-25-. The van der Waals surface area contributed by atoms with Gasteiger partial charge in [-0.3, -0.25) is 9.59 Å². The van der Waals surface area contributed by atoms with Crippen LogP contribution in [0.25, 0.3) is 0 Å². The number of ether oxygens (including phenoxy) is 4. The third kappa shape index (κ3) is 25.3. The summed E-state index contributed by atoms with van der Waals surface area (Å²) >= 11 is 0. The number of aliphatic carboxylic acids is 1. The molecule has 0 saturated carbocycles. The Hall–Kier alpha value is -2.83. The summed E-state index contributed by atoms with van der Waals surface area (Å²) in [5.41, 5.74) is 0. The zero-order chi connectivity index (χ0) is 39.7. The van der Waals surface area contributed by atoms with Crippen LogP contribution in [-0.4, -0.2) is 88.4 Å². The summed E-state index contributed by atoms with van der Waals surface area (Å²) in [6, 6.07) is 0. The van der Waals surface area contributed by atoms with Gasteiger partial charge in [0.2, 0.25) is 0 Å². The summed E-state index contributed by atoms with van der Waals surface area (Å²) in [4.78, 5) is 36.7. The van der Waals surface area contributed by atoms with Gasteiger partial charge in [0.1, 0.15) is 24.9 Å². The molecule has 54 heavy (non-hydrogen) atoms. The van der Waals surface area contributed by atoms with Gasteiger partial charge in [0.05, 0.1) is 6.61 Å². The molecule has 1 saturated heterocycles. The largest absolute Gasteiger partial charge is 0.479 e. The van der Waals surface area contributed by atoms with E-state index in [0.717, 1.165) is 44.9 Å². The van der Waals surface area contributed by atoms with Crippen LogP contribution in [0.2, 0.25) is 0 Å². The third-order valence-electron chi connectivity index (χ3n) is 9.21. The van der Waals surface area contributed by atoms with Crippen molar-refractivity contribution in [3.05, 3.63) is 48.6 Å². The number of carboxylic acid groups (broad SMARTS) is 1. The predicted octanol–water partition coefficient (Wildman–Crippen LogP) is 8.20. The Morgan fingerprint density at radius 3 is 1.61 bits per heavy atom. The van der Waals surface area contributed by atoms with E-state index in [1.807, 2.05) is 12.2 Å². The Balaban J connectivity index is 2.45. The molecule has 11 nitrogen and oxygen atoms in total. The summed E-state index contributed by atoms with van der Waals surface area (Å²) in [6.45, 7) is 3.62. The van der Waals surface area contributed by atoms with Crippen molar-refractivity contribution in [2.45, 2.75) is 192 Å². The normalized spacial score (nSPS) is 21.1. The van der Waals surface area contributed by atoms with Crippen molar-refractivity contribution in [1.29, 1.82) is 0 Å². The lowest BCUT2D eigenvalue weighted by atomic mass is 9.99. The first-order valence-corrected chi connectivity index (χ1v) is 20.7. The van der Waals surface area contributed by atoms with Crippen LogP contribution in [0.4, 0.5) is 0 Å². The number of hydrogen-bond acceptors (Lipinski definition) is 10. The number of carbonyl (C=O) groups is 3. The van der Waals surface area contributed by atoms with E-state index in [9.17, 15) is 34.8 Å². The van der Waals surface area contributed by atoms with Crippen molar-refractivity contribution in [2.75, 3.05) is 13.2 Å². The molecule has 1 aliphatic heterocycles. The second-order valence-electron chi connectivity index (χ2n) is 14.1. The Bertz CT molecular complexity index is 1090. The van der Waals surface area contributed by atoms with Crippen molar-refractivity contribution >= 4 is 17.9 Å². The number of hydrogen-bond donors (Lipinski definition) is 4. The molecule has 1 heterocycles. The van der Waals surface area contributed by atoms with Crippen LogP contribution in [0.5, 0.6) is 0 Å². The predicted molar refractivity (Wildman–Crippen MR) is 211 cm³/mol. The Labute approximate surface area is 324 Å². The van der Waals surface area contributed by atoms with Crippen LogP contribution in [0.3, 0.4) is 0 Å². The van der Waals surface area contributed by atoms with Crippen LogP contribution in [0, 0.1) is 0 Å². The second kappa shape index (κ2) is 33.5. The van der Waals surface area contributed by atoms with Gasteiger partial charge in [-0.1, -0.05) is 152 Å². The first-order chi connectivity index (χ1) is 26.2. The number of aliphatic hydroxyl groups excluding tert-OH is 3. The highest BCUT2D eigenvalue weighted by atomic mass is 16.7. The number of allylic oxidation sites excluding steroid dienone is 8. The van der Waals surface area contributed by atoms with Gasteiger partial charge in [0.25, 0.3) is 0 Å². The lowest BCUT2D eigenvalue weighted by Crippen LogP contribution is -2.60. The van der Waals surface area contributed by atoms with E-state index < -0.39 is 61.3 Å². The van der Waals surface area contributed by atoms with E-state index in [2.05, 4.69) is 50.3 Å². The molecule has 6 unspecified atom stereocenters. The molecule has 4 N–H and O–H groups in total. The molecule has 11 heteroatoms. The van der Waals surface area contributed by atoms with Crippen LogP contribution >= 0.6 is 0 Å². The number of esters is 2. The smallest absolute Gasteiger partial charge is 0.335 e. The quantitative estimate of drug-likeness (QED) is 0.0289. The molecule has 1 fully saturated rings. The summed E-state index contributed by atoms with van der Waals surface area (Å²) < 4.78 is 21.6. The Morgan fingerprint density at radius 2 is 1.09 bits per heavy atom. The maximum absolute atomic E-state index is 12.7. The highest BCUT2D eigenvalue weighted by molar-refractivity contribution is 5.73. The van der Waals surface area contributed by atoms with E-state index in [-0.39, 0.29) is 19.4 Å². The Morgan fingerprint density at radius 1 is 0.593 bits per heavy atom. The molecule has 1 rings (SSSR count). The molecule has 310 valence electrons. The molecule has 0 aromatic heterocycles. The Kier molecular flexibility index (Phi) is 30.5. The van der Waals surface area contributed by atoms with E-state index in [4.69, 9.17) is 18.9 Å². The second-order valence-corrected chi connectivity index (χ2v) is 14.1. The van der Waals surface area contributed by atoms with Crippen LogP contribution in [0.1, 0.15) is 155 Å². The van der Waals surface area contributed by atoms with Gasteiger partial charge in [0.15, 0.2) is 18.5 Å². The maximum atomic E-state index is 12.7. The summed E-state index contributed by atoms with van der Waals surface area (Å²) in [7, 11) is 0. The average Bonchev–Trinajstić information content (AvgIpc) is 3.15. The topological polar surface area (TPSA) is 169 Å². The molecule has 0 amide bonds. The monoisotopic (exact) mass is 765 g/mol. The van der Waals surface area contributed by atoms with Gasteiger partial charge < -0.3 is 39.4 Å². The number of unbranched alkanes of at least 4 members (excludes halogenated alkanes) is 14. The van der Waals surface area contributed by atoms with Gasteiger partial charge >= 0.3 is 17.9 Å². The zero-order valence-electron chi connectivity index (χ0n) is 33.2. The van der Waals surface area contributed by atoms with Gasteiger partial charge in [-0.05, 0) is 38.5 Å². The van der Waals surface area contributed by atoms with Crippen molar-refractivity contribution in [2.24, 2.45) is 0 Å². The first-order valence-electron chi connectivity index (χ1n) is 20.7. The van der Waals surface area contributed by atoms with Crippen molar-refractivity contribution in [3.63, 3.8) is 0 Å². The van der Waals surface area contributed by atoms with Gasteiger partial charge in [-0.25, -0.2) is 4.79 Å². The van der Waals surface area contributed by atoms with Crippen molar-refractivity contribution in [3.8, 4) is 0 Å². The van der Waals surface area contributed by atoms with Crippen molar-refractivity contribution in [1.82, 2.24) is 0 Å². The van der Waals surface area contributed by atoms with E-state index in [1.54, 1.807) is 0 Å². The molecule has 1 aliphatic rings. The van der Waals surface area contributed by atoms with Crippen LogP contribution in [-0.2, 0) is 33.3 Å². The molecule has 0 aliphatic carbocycles. The fourth-order valence-corrected chi connectivity index (χ4v) is 5.95. The number of carbonyl (C=O) groups excluding carboxylic acids is 2. The molecular formula is C43H72O11. The molecule has 0 bridgehead atoms. The van der Waals surface area contributed by atoms with Crippen LogP contribution < -0.4 is 0 Å². The van der Waals surface area contributed by atoms with Gasteiger partial charge in [0, 0.05) is 12.8 Å². The molecule has 6 atom stereocenters. The lowest BCUT2D eigenvalue weighted by Gasteiger charge is -2.38. The summed E-state index contributed by atoms with van der Waals surface area (Å²) in [5, 5.41) is 39.7. The summed E-state index contributed by atoms with van der Waals surface area (Å²) in [6.07, 6.45) is 29.0. The SMILES string of the molecule is CC/C=C\C/C=C\C/C=C\C/C=C\CCC(=O)OCC(COC1OC(C(=O)O)C(O)C(O)C1O)OC(=O)CCCCCCCCCCCCCCCCC. The lowest BCUT2D eigenvalue weighted by molar-refractivity contribution is -0.298. The summed E-state index contributed by atoms with van der Waals surface area (Å²) in [5.74, 6) is -2.55. The number of carboxylic acids is 1. The van der Waals surface area contributed by atoms with Crippen molar-refractivity contribution < 1.29 is 53.8 Å². The van der Waals surface area contributed by atoms with Gasteiger partial charge in [-0.2, -0.15) is 0 Å². The van der Waals surface area contributed by atoms with E-state index in [0.29, 0.717) is 12.8 Å². The maximum Gasteiger partial charge on any atom is 0.335 e. The fraction of sp³-hybridized carbons (Fsp3) is 0.744. The number of aliphatic hydroxyl groups is 3. The number of rotatable bonds is 33. The zero-order valence-corrected chi connectivity index (χ0v) is 33.2. The molecular weight excluding hydrogens is 692 g/mol. The average molecular weight is 765 g/mol. The molecule has 0 aromatic carbocycles.